The lowest BCUT2D eigenvalue weighted by molar-refractivity contribution is -0.385. The van der Waals surface area contributed by atoms with E-state index in [9.17, 15) is 39.5 Å². The number of methoxy groups -OCH3 is 2. The molecule has 1 aliphatic rings. The summed E-state index contributed by atoms with van der Waals surface area (Å²) in [5.74, 6) is -5.34. The number of hydrogen-bond donors (Lipinski definition) is 3. The molecule has 2 unspecified atom stereocenters. The highest BCUT2D eigenvalue weighted by atomic mass is 16.6. The molecule has 1 amide bonds. The van der Waals surface area contributed by atoms with Crippen molar-refractivity contribution in [3.63, 3.8) is 0 Å². The van der Waals surface area contributed by atoms with Crippen molar-refractivity contribution in [2.75, 3.05) is 20.8 Å². The second-order valence-corrected chi connectivity index (χ2v) is 7.90. The van der Waals surface area contributed by atoms with Crippen LogP contribution in [0.4, 0.5) is 5.69 Å². The van der Waals surface area contributed by atoms with Gasteiger partial charge in [0.2, 0.25) is 5.91 Å². The fourth-order valence-corrected chi connectivity index (χ4v) is 4.13. The van der Waals surface area contributed by atoms with E-state index in [1.165, 1.54) is 45.0 Å². The number of hydrogen-bond acceptors (Lipinski definition) is 10. The molecular formula is C23H27N3O10. The first-order valence-corrected chi connectivity index (χ1v) is 10.7. The average molecular weight is 505 g/mol. The van der Waals surface area contributed by atoms with E-state index in [2.05, 4.69) is 5.32 Å². The van der Waals surface area contributed by atoms with Crippen LogP contribution in [-0.2, 0) is 28.7 Å². The Morgan fingerprint density at radius 2 is 1.58 bits per heavy atom. The minimum absolute atomic E-state index is 0.00673. The Morgan fingerprint density at radius 1 is 1.08 bits per heavy atom. The summed E-state index contributed by atoms with van der Waals surface area (Å²) >= 11 is 0. The van der Waals surface area contributed by atoms with Crippen LogP contribution in [0.25, 0.3) is 0 Å². The summed E-state index contributed by atoms with van der Waals surface area (Å²) in [6, 6.07) is 4.06. The Kier molecular flexibility index (Phi) is 9.03. The first-order valence-electron chi connectivity index (χ1n) is 10.7. The summed E-state index contributed by atoms with van der Waals surface area (Å²) in [6.07, 6.45) is -1.33. The molecule has 2 atom stereocenters. The van der Waals surface area contributed by atoms with E-state index in [0.717, 1.165) is 19.1 Å². The van der Waals surface area contributed by atoms with Gasteiger partial charge in [-0.05, 0) is 20.8 Å². The smallest absolute Gasteiger partial charge is 0.336 e. The lowest BCUT2D eigenvalue weighted by Gasteiger charge is -2.36. The number of nitrogens with one attached hydrogen (secondary N) is 1. The van der Waals surface area contributed by atoms with Gasteiger partial charge in [-0.3, -0.25) is 29.9 Å². The van der Waals surface area contributed by atoms with Gasteiger partial charge in [0.25, 0.3) is 5.69 Å². The van der Waals surface area contributed by atoms with Gasteiger partial charge in [0.15, 0.2) is 0 Å². The van der Waals surface area contributed by atoms with E-state index < -0.39 is 53.3 Å². The molecule has 13 heteroatoms. The maximum atomic E-state index is 13.2. The number of amides is 1. The number of ether oxygens (including phenoxy) is 2. The highest BCUT2D eigenvalue weighted by Gasteiger charge is 2.44. The van der Waals surface area contributed by atoms with Gasteiger partial charge in [0.1, 0.15) is 6.04 Å². The normalized spacial score (nSPS) is 15.9. The van der Waals surface area contributed by atoms with E-state index in [-0.39, 0.29) is 33.8 Å². The van der Waals surface area contributed by atoms with E-state index in [0.29, 0.717) is 0 Å². The van der Waals surface area contributed by atoms with Crippen molar-refractivity contribution in [3.05, 3.63) is 62.5 Å². The minimum atomic E-state index is -1.47. The number of carbonyl (C=O) groups is 4. The number of carboxylic acids is 1. The molecule has 0 saturated carbocycles. The van der Waals surface area contributed by atoms with E-state index in [1.54, 1.807) is 0 Å². The molecule has 0 fully saturated rings. The Morgan fingerprint density at radius 3 is 2.00 bits per heavy atom. The lowest BCUT2D eigenvalue weighted by atomic mass is 9.79. The molecule has 0 bridgehead atoms. The van der Waals surface area contributed by atoms with Crippen molar-refractivity contribution >= 4 is 29.5 Å². The number of nitro groups is 1. The maximum Gasteiger partial charge on any atom is 0.336 e. The standard InChI is InChI=1S/C23H27N3O10/c1-11-17(22(31)35-4)19(14-8-6-7-9-15(14)26(33)34)18(23(32)36-5)12(2)25(11)16(28)10-24-20(13(3)27)21(29)30/h6-9,13,19-20,24,27H,10H2,1-5H3,(H,29,30). The Labute approximate surface area is 206 Å². The van der Waals surface area contributed by atoms with Crippen LogP contribution in [0.2, 0.25) is 0 Å². The summed E-state index contributed by atoms with van der Waals surface area (Å²) in [4.78, 5) is 62.5. The van der Waals surface area contributed by atoms with Crippen LogP contribution < -0.4 is 5.32 Å². The predicted octanol–water partition coefficient (Wildman–Crippen LogP) is 0.838. The molecule has 194 valence electrons. The molecule has 0 spiro atoms. The highest BCUT2D eigenvalue weighted by molar-refractivity contribution is 6.02. The average Bonchev–Trinajstić information content (AvgIpc) is 2.82. The molecule has 0 aromatic heterocycles. The number of aliphatic hydroxyl groups is 1. The molecular weight excluding hydrogens is 478 g/mol. The molecule has 1 aliphatic heterocycles. The largest absolute Gasteiger partial charge is 0.480 e. The molecule has 0 aliphatic carbocycles. The summed E-state index contributed by atoms with van der Waals surface area (Å²) in [5.41, 5.74) is -0.745. The zero-order valence-electron chi connectivity index (χ0n) is 20.3. The van der Waals surface area contributed by atoms with Crippen LogP contribution in [0, 0.1) is 10.1 Å². The van der Waals surface area contributed by atoms with E-state index in [1.807, 2.05) is 0 Å². The van der Waals surface area contributed by atoms with Crippen molar-refractivity contribution in [3.8, 4) is 0 Å². The van der Waals surface area contributed by atoms with Gasteiger partial charge in [-0.1, -0.05) is 18.2 Å². The molecule has 1 aromatic rings. The fourth-order valence-electron chi connectivity index (χ4n) is 4.13. The number of allylic oxidation sites excluding steroid dienone is 2. The fraction of sp³-hybridized carbons (Fsp3) is 0.391. The lowest BCUT2D eigenvalue weighted by Crippen LogP contribution is -2.49. The van der Waals surface area contributed by atoms with Crippen LogP contribution >= 0.6 is 0 Å². The molecule has 3 N–H and O–H groups in total. The number of aliphatic carboxylic acids is 1. The third-order valence-corrected chi connectivity index (χ3v) is 5.75. The number of nitrogens with zero attached hydrogens (tertiary/aromatic N) is 2. The first kappa shape index (κ1) is 28.1. The third kappa shape index (κ3) is 5.42. The molecule has 0 radical (unpaired) electrons. The molecule has 1 aromatic carbocycles. The zero-order valence-corrected chi connectivity index (χ0v) is 20.3. The Bertz CT molecular complexity index is 1110. The predicted molar refractivity (Wildman–Crippen MR) is 123 cm³/mol. The van der Waals surface area contributed by atoms with Gasteiger partial charge in [-0.2, -0.15) is 0 Å². The molecule has 36 heavy (non-hydrogen) atoms. The van der Waals surface area contributed by atoms with Crippen molar-refractivity contribution in [1.82, 2.24) is 10.2 Å². The van der Waals surface area contributed by atoms with Crippen molar-refractivity contribution in [1.29, 1.82) is 0 Å². The number of aliphatic hydroxyl groups excluding tert-OH is 1. The summed E-state index contributed by atoms with van der Waals surface area (Å²) < 4.78 is 9.79. The second kappa shape index (κ2) is 11.6. The number of carbonyl (C=O) groups excluding carboxylic acids is 3. The number of rotatable bonds is 9. The van der Waals surface area contributed by atoms with Crippen molar-refractivity contribution < 1.29 is 43.8 Å². The maximum absolute atomic E-state index is 13.2. The van der Waals surface area contributed by atoms with E-state index >= 15 is 0 Å². The van der Waals surface area contributed by atoms with Crippen LogP contribution in [0.5, 0.6) is 0 Å². The van der Waals surface area contributed by atoms with Crippen LogP contribution in [0.3, 0.4) is 0 Å². The highest BCUT2D eigenvalue weighted by Crippen LogP contribution is 2.45. The number of para-hydroxylation sites is 1. The molecule has 1 heterocycles. The van der Waals surface area contributed by atoms with Gasteiger partial charge in [-0.15, -0.1) is 0 Å². The van der Waals surface area contributed by atoms with Crippen molar-refractivity contribution in [2.45, 2.75) is 38.8 Å². The van der Waals surface area contributed by atoms with Crippen LogP contribution in [-0.4, -0.2) is 76.8 Å². The molecule has 13 nitrogen and oxygen atoms in total. The number of esters is 2. The third-order valence-electron chi connectivity index (χ3n) is 5.75. The van der Waals surface area contributed by atoms with Crippen LogP contribution in [0.15, 0.2) is 46.8 Å². The summed E-state index contributed by atoms with van der Waals surface area (Å²) in [5, 5.41) is 33.1. The molecule has 2 rings (SSSR count). The number of carboxylic acid groups (broad SMARTS) is 1. The quantitative estimate of drug-likeness (QED) is 0.245. The second-order valence-electron chi connectivity index (χ2n) is 7.90. The number of benzene rings is 1. The van der Waals surface area contributed by atoms with Gasteiger partial charge in [0.05, 0.1) is 48.9 Å². The molecule has 0 saturated heterocycles. The number of nitro benzene ring substituents is 1. The SMILES string of the molecule is COC(=O)C1=C(C)N(C(=O)CNC(C(=O)O)C(C)O)C(C)=C(C(=O)OC)C1c1ccccc1[N+](=O)[O-]. The summed E-state index contributed by atoms with van der Waals surface area (Å²) in [6.45, 7) is 3.44. The van der Waals surface area contributed by atoms with E-state index in [4.69, 9.17) is 9.47 Å². The Hall–Kier alpha value is -4.10. The van der Waals surface area contributed by atoms with Gasteiger partial charge >= 0.3 is 17.9 Å². The monoisotopic (exact) mass is 505 g/mol. The van der Waals surface area contributed by atoms with Crippen LogP contribution in [0.1, 0.15) is 32.3 Å². The first-order chi connectivity index (χ1) is 16.9. The van der Waals surface area contributed by atoms with Gasteiger partial charge < -0.3 is 19.7 Å². The van der Waals surface area contributed by atoms with Crippen molar-refractivity contribution in [2.24, 2.45) is 0 Å². The summed E-state index contributed by atoms with van der Waals surface area (Å²) in [7, 11) is 2.16. The van der Waals surface area contributed by atoms with Gasteiger partial charge in [0, 0.05) is 23.0 Å². The Balaban J connectivity index is 2.75. The minimum Gasteiger partial charge on any atom is -0.480 e. The van der Waals surface area contributed by atoms with Gasteiger partial charge in [-0.25, -0.2) is 9.59 Å². The topological polar surface area (TPSA) is 186 Å². The zero-order chi connectivity index (χ0) is 27.3.